The van der Waals surface area contributed by atoms with Crippen molar-refractivity contribution in [2.75, 3.05) is 26.2 Å². The molecule has 2 heterocycles. The van der Waals surface area contributed by atoms with Crippen LogP contribution in [0.5, 0.6) is 0 Å². The van der Waals surface area contributed by atoms with E-state index in [4.69, 9.17) is 0 Å². The van der Waals surface area contributed by atoms with Gasteiger partial charge in [-0.05, 0) is 44.7 Å². The number of hydrogen-bond donors (Lipinski definition) is 0. The van der Waals surface area contributed by atoms with Crippen LogP contribution in [0.15, 0.2) is 0 Å². The van der Waals surface area contributed by atoms with Gasteiger partial charge in [0.05, 0.1) is 0 Å². The minimum absolute atomic E-state index is 0.258. The normalized spacial score (nSPS) is 30.1. The Hall–Kier alpha value is -0.570. The van der Waals surface area contributed by atoms with Gasteiger partial charge in [0.25, 0.3) is 0 Å². The van der Waals surface area contributed by atoms with Gasteiger partial charge in [0, 0.05) is 26.1 Å². The number of carbonyl (C=O) groups excluding carboxylic acids is 1. The topological polar surface area (TPSA) is 23.6 Å². The van der Waals surface area contributed by atoms with Crippen LogP contribution in [0, 0.1) is 5.92 Å². The second kappa shape index (κ2) is 5.85. The number of hydrogen-bond acceptors (Lipinski definition) is 2. The number of fused-ring (bicyclic) bond motifs is 1. The van der Waals surface area contributed by atoms with Gasteiger partial charge in [0.2, 0.25) is 5.91 Å². The molecule has 2 atom stereocenters. The first-order chi connectivity index (χ1) is 8.22. The average molecular weight is 238 g/mol. The van der Waals surface area contributed by atoms with E-state index in [2.05, 4.69) is 11.8 Å². The predicted octanol–water partition coefficient (Wildman–Crippen LogP) is 2.12. The summed E-state index contributed by atoms with van der Waals surface area (Å²) in [6.45, 7) is 8.48. The van der Waals surface area contributed by atoms with Gasteiger partial charge in [0.15, 0.2) is 0 Å². The summed E-state index contributed by atoms with van der Waals surface area (Å²) in [4.78, 5) is 16.2. The molecule has 0 aromatic carbocycles. The summed E-state index contributed by atoms with van der Waals surface area (Å²) in [7, 11) is 0. The number of piperidine rings is 2. The maximum absolute atomic E-state index is 11.4. The first kappa shape index (κ1) is 12.9. The van der Waals surface area contributed by atoms with Crippen LogP contribution < -0.4 is 0 Å². The average Bonchev–Trinajstić information content (AvgIpc) is 2.35. The van der Waals surface area contributed by atoms with Crippen LogP contribution in [0.3, 0.4) is 0 Å². The van der Waals surface area contributed by atoms with Crippen LogP contribution in [-0.2, 0) is 4.79 Å². The summed E-state index contributed by atoms with van der Waals surface area (Å²) in [5.74, 6) is 0.993. The predicted molar refractivity (Wildman–Crippen MR) is 69.9 cm³/mol. The molecule has 0 aromatic heterocycles. The highest BCUT2D eigenvalue weighted by molar-refractivity contribution is 5.73. The van der Waals surface area contributed by atoms with Crippen molar-refractivity contribution in [3.63, 3.8) is 0 Å². The van der Waals surface area contributed by atoms with Gasteiger partial charge >= 0.3 is 0 Å². The second-order valence-electron chi connectivity index (χ2n) is 5.61. The van der Waals surface area contributed by atoms with Gasteiger partial charge in [-0.15, -0.1) is 0 Å². The lowest BCUT2D eigenvalue weighted by Gasteiger charge is -2.47. The summed E-state index contributed by atoms with van der Waals surface area (Å²) in [6.07, 6.45) is 6.43. The molecule has 1 amide bonds. The Kier molecular flexibility index (Phi) is 4.43. The monoisotopic (exact) mass is 238 g/mol. The molecule has 0 unspecified atom stereocenters. The van der Waals surface area contributed by atoms with E-state index in [9.17, 15) is 4.79 Å². The lowest BCUT2D eigenvalue weighted by atomic mass is 9.83. The van der Waals surface area contributed by atoms with Crippen molar-refractivity contribution in [1.82, 2.24) is 9.80 Å². The zero-order valence-corrected chi connectivity index (χ0v) is 11.3. The molecule has 0 aliphatic carbocycles. The molecule has 0 bridgehead atoms. The van der Waals surface area contributed by atoms with Crippen molar-refractivity contribution >= 4 is 5.91 Å². The smallest absolute Gasteiger partial charge is 0.219 e. The Morgan fingerprint density at radius 2 is 2.12 bits per heavy atom. The summed E-state index contributed by atoms with van der Waals surface area (Å²) >= 11 is 0. The van der Waals surface area contributed by atoms with Crippen LogP contribution in [0.2, 0.25) is 0 Å². The Morgan fingerprint density at radius 1 is 1.29 bits per heavy atom. The minimum Gasteiger partial charge on any atom is -0.343 e. The molecule has 2 aliphatic heterocycles. The molecule has 0 spiro atoms. The number of nitrogens with zero attached hydrogens (tertiary/aromatic N) is 2. The van der Waals surface area contributed by atoms with Crippen LogP contribution in [-0.4, -0.2) is 47.9 Å². The van der Waals surface area contributed by atoms with Crippen molar-refractivity contribution in [1.29, 1.82) is 0 Å². The first-order valence-corrected chi connectivity index (χ1v) is 7.22. The maximum atomic E-state index is 11.4. The fourth-order valence-corrected chi connectivity index (χ4v) is 3.43. The van der Waals surface area contributed by atoms with E-state index in [-0.39, 0.29) is 5.91 Å². The highest BCUT2D eigenvalue weighted by Gasteiger charge is 2.35. The van der Waals surface area contributed by atoms with Gasteiger partial charge in [-0.1, -0.05) is 13.3 Å². The molecule has 2 saturated heterocycles. The van der Waals surface area contributed by atoms with E-state index < -0.39 is 0 Å². The highest BCUT2D eigenvalue weighted by Crippen LogP contribution is 2.30. The highest BCUT2D eigenvalue weighted by atomic mass is 16.2. The van der Waals surface area contributed by atoms with Crippen molar-refractivity contribution in [3.8, 4) is 0 Å². The minimum atomic E-state index is 0.258. The van der Waals surface area contributed by atoms with Gasteiger partial charge in [-0.3, -0.25) is 9.69 Å². The molecule has 3 nitrogen and oxygen atoms in total. The Balaban J connectivity index is 1.92. The lowest BCUT2D eigenvalue weighted by molar-refractivity contribution is -0.132. The number of likely N-dealkylation sites (tertiary alicyclic amines) is 2. The molecular formula is C14H26N2O. The molecule has 98 valence electrons. The third-order valence-corrected chi connectivity index (χ3v) is 4.43. The second-order valence-corrected chi connectivity index (χ2v) is 5.61. The zero-order chi connectivity index (χ0) is 12.3. The molecule has 3 heteroatoms. The van der Waals surface area contributed by atoms with Gasteiger partial charge in [0.1, 0.15) is 0 Å². The number of rotatable bonds is 3. The Bertz CT molecular complexity index is 267. The summed E-state index contributed by atoms with van der Waals surface area (Å²) in [5, 5.41) is 0. The van der Waals surface area contributed by atoms with Crippen LogP contribution in [0.1, 0.15) is 46.0 Å². The summed E-state index contributed by atoms with van der Waals surface area (Å²) in [6, 6.07) is 0.755. The standard InChI is InChI=1S/C14H26N2O/c1-3-4-8-15-9-5-6-13-11-16(12(2)17)10-7-14(13)15/h13-14H,3-11H2,1-2H3/t13-,14-/m1/s1. The van der Waals surface area contributed by atoms with Gasteiger partial charge in [-0.2, -0.15) is 0 Å². The van der Waals surface area contributed by atoms with Crippen molar-refractivity contribution in [2.45, 2.75) is 52.0 Å². The molecule has 0 N–H and O–H groups in total. The zero-order valence-electron chi connectivity index (χ0n) is 11.3. The van der Waals surface area contributed by atoms with Crippen LogP contribution >= 0.6 is 0 Å². The van der Waals surface area contributed by atoms with Crippen molar-refractivity contribution in [2.24, 2.45) is 5.92 Å². The Morgan fingerprint density at radius 3 is 2.82 bits per heavy atom. The molecule has 2 fully saturated rings. The summed E-state index contributed by atoms with van der Waals surface area (Å²) in [5.41, 5.74) is 0. The van der Waals surface area contributed by atoms with E-state index in [0.29, 0.717) is 0 Å². The molecule has 0 radical (unpaired) electrons. The number of carbonyl (C=O) groups is 1. The fourth-order valence-electron chi connectivity index (χ4n) is 3.43. The van der Waals surface area contributed by atoms with Gasteiger partial charge < -0.3 is 4.90 Å². The number of unbranched alkanes of at least 4 members (excludes halogenated alkanes) is 1. The first-order valence-electron chi connectivity index (χ1n) is 7.22. The summed E-state index contributed by atoms with van der Waals surface area (Å²) < 4.78 is 0. The van der Waals surface area contributed by atoms with E-state index in [1.165, 1.54) is 45.2 Å². The van der Waals surface area contributed by atoms with E-state index >= 15 is 0 Å². The van der Waals surface area contributed by atoms with Gasteiger partial charge in [-0.25, -0.2) is 0 Å². The molecule has 0 aromatic rings. The van der Waals surface area contributed by atoms with Crippen molar-refractivity contribution in [3.05, 3.63) is 0 Å². The fraction of sp³-hybridized carbons (Fsp3) is 0.929. The quantitative estimate of drug-likeness (QED) is 0.752. The van der Waals surface area contributed by atoms with E-state index in [0.717, 1.165) is 25.0 Å². The molecule has 2 rings (SSSR count). The van der Waals surface area contributed by atoms with E-state index in [1.807, 2.05) is 4.90 Å². The maximum Gasteiger partial charge on any atom is 0.219 e. The molecular weight excluding hydrogens is 212 g/mol. The van der Waals surface area contributed by atoms with Crippen LogP contribution in [0.25, 0.3) is 0 Å². The Labute approximate surface area is 105 Å². The lowest BCUT2D eigenvalue weighted by Crippen LogP contribution is -2.54. The SMILES string of the molecule is CCCCN1CCC[C@@H]2CN(C(C)=O)CC[C@H]21. The van der Waals surface area contributed by atoms with Crippen molar-refractivity contribution < 1.29 is 4.79 Å². The number of amides is 1. The molecule has 0 saturated carbocycles. The van der Waals surface area contributed by atoms with E-state index in [1.54, 1.807) is 6.92 Å². The molecule has 2 aliphatic rings. The largest absolute Gasteiger partial charge is 0.343 e. The molecule has 17 heavy (non-hydrogen) atoms. The third kappa shape index (κ3) is 3.01. The van der Waals surface area contributed by atoms with Crippen LogP contribution in [0.4, 0.5) is 0 Å². The third-order valence-electron chi connectivity index (χ3n) is 4.43.